The summed E-state index contributed by atoms with van der Waals surface area (Å²) in [6.45, 7) is 11.9. The number of amides is 2. The molecule has 1 aromatic rings. The second-order valence-corrected chi connectivity index (χ2v) is 5.26. The normalized spacial score (nSPS) is 10.1. The average molecular weight is 288 g/mol. The topological polar surface area (TPSA) is 49.4 Å². The highest BCUT2D eigenvalue weighted by Crippen LogP contribution is 2.26. The molecule has 1 rings (SSSR count). The Hall–Kier alpha value is -2.10. The number of rotatable bonds is 6. The molecule has 0 heterocycles. The highest BCUT2D eigenvalue weighted by Gasteiger charge is 2.17. The number of carbonyl (C=O) groups excluding carboxylic acids is 2. The summed E-state index contributed by atoms with van der Waals surface area (Å²) in [6, 6.07) is 4.10. The minimum atomic E-state index is -0.0800. The van der Waals surface area contributed by atoms with Gasteiger partial charge in [0, 0.05) is 32.1 Å². The van der Waals surface area contributed by atoms with Crippen molar-refractivity contribution in [1.29, 1.82) is 0 Å². The maximum Gasteiger partial charge on any atom is 0.223 e. The lowest BCUT2D eigenvalue weighted by Gasteiger charge is -2.25. The Morgan fingerprint density at radius 3 is 2.29 bits per heavy atom. The van der Waals surface area contributed by atoms with E-state index in [4.69, 9.17) is 0 Å². The van der Waals surface area contributed by atoms with Crippen molar-refractivity contribution in [3.05, 3.63) is 41.5 Å². The Kier molecular flexibility index (Phi) is 6.15. The Labute approximate surface area is 126 Å². The maximum absolute atomic E-state index is 11.9. The van der Waals surface area contributed by atoms with E-state index in [1.165, 1.54) is 12.5 Å². The molecule has 21 heavy (non-hydrogen) atoms. The molecule has 2 amide bonds. The van der Waals surface area contributed by atoms with E-state index in [2.05, 4.69) is 24.0 Å². The highest BCUT2D eigenvalue weighted by molar-refractivity contribution is 5.94. The summed E-state index contributed by atoms with van der Waals surface area (Å²) < 4.78 is 0. The smallest absolute Gasteiger partial charge is 0.223 e. The molecule has 1 N–H and O–H groups in total. The zero-order chi connectivity index (χ0) is 16.0. The number of hydrogen-bond donors (Lipinski definition) is 1. The molecular weight excluding hydrogens is 264 g/mol. The molecule has 0 fully saturated rings. The zero-order valence-corrected chi connectivity index (χ0v) is 13.3. The first-order valence-corrected chi connectivity index (χ1v) is 7.10. The van der Waals surface area contributed by atoms with Gasteiger partial charge in [-0.2, -0.15) is 0 Å². The number of carbonyl (C=O) groups is 2. The average Bonchev–Trinajstić information content (AvgIpc) is 2.38. The van der Waals surface area contributed by atoms with Crippen molar-refractivity contribution in [3.63, 3.8) is 0 Å². The predicted molar refractivity (Wildman–Crippen MR) is 86.5 cm³/mol. The van der Waals surface area contributed by atoms with E-state index >= 15 is 0 Å². The van der Waals surface area contributed by atoms with Gasteiger partial charge in [-0.25, -0.2) is 0 Å². The highest BCUT2D eigenvalue weighted by atomic mass is 16.2. The van der Waals surface area contributed by atoms with E-state index in [1.54, 1.807) is 11.0 Å². The lowest BCUT2D eigenvalue weighted by molar-refractivity contribution is -0.120. The van der Waals surface area contributed by atoms with Crippen LogP contribution in [0.25, 0.3) is 0 Å². The molecule has 0 aliphatic heterocycles. The van der Waals surface area contributed by atoms with Gasteiger partial charge in [-0.15, -0.1) is 6.58 Å². The molecule has 0 spiro atoms. The van der Waals surface area contributed by atoms with Crippen molar-refractivity contribution in [2.24, 2.45) is 0 Å². The van der Waals surface area contributed by atoms with Gasteiger partial charge in [0.2, 0.25) is 11.8 Å². The minimum absolute atomic E-state index is 0.0541. The van der Waals surface area contributed by atoms with Crippen LogP contribution in [0.15, 0.2) is 24.8 Å². The monoisotopic (exact) mass is 288 g/mol. The van der Waals surface area contributed by atoms with Crippen molar-refractivity contribution >= 4 is 17.5 Å². The lowest BCUT2D eigenvalue weighted by Crippen LogP contribution is -2.34. The Morgan fingerprint density at radius 2 is 1.81 bits per heavy atom. The third kappa shape index (κ3) is 4.74. The molecule has 4 nitrogen and oxygen atoms in total. The van der Waals surface area contributed by atoms with Crippen LogP contribution in [-0.2, 0) is 9.59 Å². The first kappa shape index (κ1) is 17.0. The van der Waals surface area contributed by atoms with Crippen LogP contribution in [0.3, 0.4) is 0 Å². The number of nitrogens with zero attached hydrogens (tertiary/aromatic N) is 1. The summed E-state index contributed by atoms with van der Waals surface area (Å²) >= 11 is 0. The first-order valence-electron chi connectivity index (χ1n) is 7.10. The Morgan fingerprint density at radius 1 is 1.24 bits per heavy atom. The lowest BCUT2D eigenvalue weighted by atomic mass is 10.0. The van der Waals surface area contributed by atoms with Gasteiger partial charge in [0.1, 0.15) is 0 Å². The van der Waals surface area contributed by atoms with Crippen molar-refractivity contribution in [2.45, 2.75) is 34.1 Å². The molecule has 0 unspecified atom stereocenters. The van der Waals surface area contributed by atoms with Crippen molar-refractivity contribution in [2.75, 3.05) is 18.0 Å². The fourth-order valence-corrected chi connectivity index (χ4v) is 2.51. The largest absolute Gasteiger partial charge is 0.353 e. The second-order valence-electron chi connectivity index (χ2n) is 5.26. The predicted octanol–water partition coefficient (Wildman–Crippen LogP) is 2.66. The van der Waals surface area contributed by atoms with E-state index in [0.717, 1.165) is 16.8 Å². The maximum atomic E-state index is 11.9. The van der Waals surface area contributed by atoms with E-state index in [0.29, 0.717) is 13.1 Å². The Bertz CT molecular complexity index is 527. The summed E-state index contributed by atoms with van der Waals surface area (Å²) in [7, 11) is 0. The molecule has 0 radical (unpaired) electrons. The number of anilines is 1. The van der Waals surface area contributed by atoms with E-state index in [9.17, 15) is 9.59 Å². The summed E-state index contributed by atoms with van der Waals surface area (Å²) in [5.41, 5.74) is 4.17. The zero-order valence-electron chi connectivity index (χ0n) is 13.3. The fourth-order valence-electron chi connectivity index (χ4n) is 2.51. The number of aryl methyl sites for hydroxylation is 3. The van der Waals surface area contributed by atoms with Gasteiger partial charge in [-0.1, -0.05) is 23.8 Å². The molecule has 1 aromatic carbocycles. The molecule has 0 atom stereocenters. The van der Waals surface area contributed by atoms with Crippen LogP contribution >= 0.6 is 0 Å². The van der Waals surface area contributed by atoms with Gasteiger partial charge in [-0.05, 0) is 31.9 Å². The van der Waals surface area contributed by atoms with Crippen LogP contribution in [-0.4, -0.2) is 24.9 Å². The first-order chi connectivity index (χ1) is 9.86. The van der Waals surface area contributed by atoms with E-state index in [1.807, 2.05) is 20.8 Å². The fraction of sp³-hybridized carbons (Fsp3) is 0.412. The summed E-state index contributed by atoms with van der Waals surface area (Å²) in [4.78, 5) is 25.3. The minimum Gasteiger partial charge on any atom is -0.353 e. The van der Waals surface area contributed by atoms with Crippen molar-refractivity contribution in [1.82, 2.24) is 5.32 Å². The quantitative estimate of drug-likeness (QED) is 0.818. The van der Waals surface area contributed by atoms with Crippen molar-refractivity contribution < 1.29 is 9.59 Å². The molecular formula is C17H24N2O2. The molecule has 0 aliphatic rings. The van der Waals surface area contributed by atoms with Crippen molar-refractivity contribution in [3.8, 4) is 0 Å². The molecule has 4 heteroatoms. The molecule has 114 valence electrons. The van der Waals surface area contributed by atoms with E-state index < -0.39 is 0 Å². The van der Waals surface area contributed by atoms with Gasteiger partial charge in [0.05, 0.1) is 0 Å². The van der Waals surface area contributed by atoms with Crippen LogP contribution in [0.2, 0.25) is 0 Å². The van der Waals surface area contributed by atoms with Crippen LogP contribution in [0.1, 0.15) is 30.0 Å². The third-order valence-electron chi connectivity index (χ3n) is 3.29. The summed E-state index contributed by atoms with van der Waals surface area (Å²) in [5.74, 6) is -0.134. The number of hydrogen-bond acceptors (Lipinski definition) is 2. The summed E-state index contributed by atoms with van der Waals surface area (Å²) in [5, 5.41) is 2.72. The second kappa shape index (κ2) is 7.62. The van der Waals surface area contributed by atoms with Gasteiger partial charge < -0.3 is 10.2 Å². The van der Waals surface area contributed by atoms with Crippen LogP contribution in [0.4, 0.5) is 5.69 Å². The standard InChI is InChI=1S/C17H24N2O2/c1-6-8-18-16(21)7-9-19(15(5)20)17-13(3)10-12(2)11-14(17)4/h6,10-11H,1,7-9H2,2-5H3,(H,18,21). The van der Waals surface area contributed by atoms with Crippen LogP contribution < -0.4 is 10.2 Å². The van der Waals surface area contributed by atoms with Crippen LogP contribution in [0.5, 0.6) is 0 Å². The van der Waals surface area contributed by atoms with Gasteiger partial charge in [0.25, 0.3) is 0 Å². The molecule has 0 saturated carbocycles. The molecule has 0 bridgehead atoms. The molecule has 0 aliphatic carbocycles. The van der Waals surface area contributed by atoms with Gasteiger partial charge in [0.15, 0.2) is 0 Å². The third-order valence-corrected chi connectivity index (χ3v) is 3.29. The molecule has 0 aromatic heterocycles. The van der Waals surface area contributed by atoms with Crippen LogP contribution in [0, 0.1) is 20.8 Å². The SMILES string of the molecule is C=CCNC(=O)CCN(C(C)=O)c1c(C)cc(C)cc1C. The van der Waals surface area contributed by atoms with Gasteiger partial charge >= 0.3 is 0 Å². The van der Waals surface area contributed by atoms with E-state index in [-0.39, 0.29) is 18.2 Å². The number of benzene rings is 1. The number of nitrogens with one attached hydrogen (secondary N) is 1. The van der Waals surface area contributed by atoms with Gasteiger partial charge in [-0.3, -0.25) is 9.59 Å². The Balaban J connectivity index is 2.91. The molecule has 0 saturated heterocycles. The summed E-state index contributed by atoms with van der Waals surface area (Å²) in [6.07, 6.45) is 1.91.